The molecule has 0 spiro atoms. The number of benzene rings is 6. The molecule has 0 atom stereocenters. The SMILES string of the molecule is Cc1cc(C)cc(C(O[Si](C)(C)C)(c2cc(C)cc(C)c2)c2cc3ccccc3c3c2CNCc2ccc4ccccc4c2-3)c1. The Morgan fingerprint density at radius 3 is 1.69 bits per heavy atom. The van der Waals surface area contributed by atoms with Crippen LogP contribution in [0.1, 0.15) is 50.1 Å². The minimum Gasteiger partial charge on any atom is -0.400 e. The van der Waals surface area contributed by atoms with Crippen molar-refractivity contribution in [3.63, 3.8) is 0 Å². The third-order valence-electron chi connectivity index (χ3n) is 9.13. The topological polar surface area (TPSA) is 21.3 Å². The van der Waals surface area contributed by atoms with Crippen molar-refractivity contribution < 1.29 is 4.43 Å². The van der Waals surface area contributed by atoms with E-state index in [1.807, 2.05) is 0 Å². The molecule has 6 aromatic rings. The van der Waals surface area contributed by atoms with Crippen LogP contribution < -0.4 is 5.32 Å². The normalized spacial score (nSPS) is 13.5. The highest BCUT2D eigenvalue weighted by Gasteiger charge is 2.44. The van der Waals surface area contributed by atoms with E-state index in [2.05, 4.69) is 156 Å². The number of rotatable bonds is 5. The number of fused-ring (bicyclic) bond motifs is 7. The molecule has 0 bridgehead atoms. The first kappa shape index (κ1) is 29.7. The van der Waals surface area contributed by atoms with E-state index in [1.54, 1.807) is 0 Å². The summed E-state index contributed by atoms with van der Waals surface area (Å²) in [6.07, 6.45) is 0. The number of hydrogen-bond acceptors (Lipinski definition) is 2. The average Bonchev–Trinajstić information content (AvgIpc) is 3.18. The van der Waals surface area contributed by atoms with Crippen LogP contribution in [0, 0.1) is 27.7 Å². The molecular weight excluding hydrogens is 563 g/mol. The van der Waals surface area contributed by atoms with Gasteiger partial charge in [-0.2, -0.15) is 0 Å². The maximum atomic E-state index is 7.75. The highest BCUT2D eigenvalue weighted by molar-refractivity contribution is 6.69. The van der Waals surface area contributed by atoms with Crippen molar-refractivity contribution in [2.24, 2.45) is 0 Å². The first-order valence-corrected chi connectivity index (χ1v) is 19.6. The van der Waals surface area contributed by atoms with Gasteiger partial charge >= 0.3 is 0 Å². The van der Waals surface area contributed by atoms with Crippen LogP contribution in [0.3, 0.4) is 0 Å². The van der Waals surface area contributed by atoms with Gasteiger partial charge in [0.15, 0.2) is 8.32 Å². The Balaban J connectivity index is 1.72. The fraction of sp³-hybridized carbons (Fsp3) is 0.238. The third kappa shape index (κ3) is 5.23. The minimum atomic E-state index is -2.17. The van der Waals surface area contributed by atoms with Crippen LogP contribution in [0.2, 0.25) is 19.6 Å². The zero-order chi connectivity index (χ0) is 31.5. The molecule has 226 valence electrons. The molecule has 0 amide bonds. The molecule has 2 nitrogen and oxygen atoms in total. The van der Waals surface area contributed by atoms with E-state index < -0.39 is 13.9 Å². The summed E-state index contributed by atoms with van der Waals surface area (Å²) >= 11 is 0. The van der Waals surface area contributed by atoms with Gasteiger partial charge in [0.25, 0.3) is 0 Å². The van der Waals surface area contributed by atoms with E-state index in [1.165, 1.54) is 82.7 Å². The van der Waals surface area contributed by atoms with Gasteiger partial charge in [0.05, 0.1) is 0 Å². The van der Waals surface area contributed by atoms with Crippen molar-refractivity contribution in [2.45, 2.75) is 66.0 Å². The van der Waals surface area contributed by atoms with Gasteiger partial charge in [0.1, 0.15) is 5.60 Å². The zero-order valence-corrected chi connectivity index (χ0v) is 28.6. The molecule has 7 rings (SSSR count). The molecule has 0 fully saturated rings. The minimum absolute atomic E-state index is 0.755. The number of hydrogen-bond donors (Lipinski definition) is 1. The van der Waals surface area contributed by atoms with Crippen molar-refractivity contribution in [2.75, 3.05) is 0 Å². The lowest BCUT2D eigenvalue weighted by Gasteiger charge is -2.43. The molecule has 1 aliphatic rings. The van der Waals surface area contributed by atoms with Crippen LogP contribution in [0.4, 0.5) is 0 Å². The molecule has 1 aliphatic heterocycles. The Morgan fingerprint density at radius 1 is 0.578 bits per heavy atom. The molecule has 0 aliphatic carbocycles. The van der Waals surface area contributed by atoms with Crippen LogP contribution in [-0.4, -0.2) is 8.32 Å². The van der Waals surface area contributed by atoms with Crippen molar-refractivity contribution in [1.82, 2.24) is 5.32 Å². The molecule has 1 N–H and O–H groups in total. The maximum Gasteiger partial charge on any atom is 0.185 e. The lowest BCUT2D eigenvalue weighted by Crippen LogP contribution is -2.43. The summed E-state index contributed by atoms with van der Waals surface area (Å²) in [6, 6.07) is 38.8. The van der Waals surface area contributed by atoms with Crippen molar-refractivity contribution in [1.29, 1.82) is 0 Å². The van der Waals surface area contributed by atoms with Gasteiger partial charge in [-0.15, -0.1) is 0 Å². The van der Waals surface area contributed by atoms with Gasteiger partial charge in [0.2, 0.25) is 0 Å². The quantitative estimate of drug-likeness (QED) is 0.156. The Hall–Kier alpha value is -4.02. The van der Waals surface area contributed by atoms with Crippen molar-refractivity contribution >= 4 is 29.9 Å². The monoisotopic (exact) mass is 605 g/mol. The molecule has 0 saturated heterocycles. The second-order valence-corrected chi connectivity index (χ2v) is 18.5. The lowest BCUT2D eigenvalue weighted by molar-refractivity contribution is 0.145. The Morgan fingerprint density at radius 2 is 1.11 bits per heavy atom. The summed E-state index contributed by atoms with van der Waals surface area (Å²) in [5.41, 5.74) is 13.2. The average molecular weight is 606 g/mol. The van der Waals surface area contributed by atoms with Crippen LogP contribution in [0.15, 0.2) is 103 Å². The summed E-state index contributed by atoms with van der Waals surface area (Å²) in [7, 11) is -2.17. The van der Waals surface area contributed by atoms with Crippen LogP contribution in [0.5, 0.6) is 0 Å². The van der Waals surface area contributed by atoms with Gasteiger partial charge in [-0.3, -0.25) is 0 Å². The molecule has 3 heteroatoms. The largest absolute Gasteiger partial charge is 0.400 e. The highest BCUT2D eigenvalue weighted by atomic mass is 28.4. The van der Waals surface area contributed by atoms with Gasteiger partial charge in [-0.05, 0) is 114 Å². The molecule has 6 aromatic carbocycles. The van der Waals surface area contributed by atoms with E-state index in [0.717, 1.165) is 13.1 Å². The van der Waals surface area contributed by atoms with E-state index in [-0.39, 0.29) is 0 Å². The predicted octanol–water partition coefficient (Wildman–Crippen LogP) is 10.6. The predicted molar refractivity (Wildman–Crippen MR) is 194 cm³/mol. The second-order valence-electron chi connectivity index (χ2n) is 14.1. The molecule has 45 heavy (non-hydrogen) atoms. The van der Waals surface area contributed by atoms with Gasteiger partial charge in [0, 0.05) is 13.1 Å². The summed E-state index contributed by atoms with van der Waals surface area (Å²) in [5.74, 6) is 0. The first-order valence-electron chi connectivity index (χ1n) is 16.2. The summed E-state index contributed by atoms with van der Waals surface area (Å²) < 4.78 is 7.75. The smallest absolute Gasteiger partial charge is 0.185 e. The van der Waals surface area contributed by atoms with Crippen molar-refractivity contribution in [3.8, 4) is 11.1 Å². The molecule has 0 radical (unpaired) electrons. The van der Waals surface area contributed by atoms with Crippen LogP contribution >= 0.6 is 0 Å². The van der Waals surface area contributed by atoms with E-state index in [0.29, 0.717) is 0 Å². The van der Waals surface area contributed by atoms with E-state index >= 15 is 0 Å². The fourth-order valence-corrected chi connectivity index (χ4v) is 8.98. The highest BCUT2D eigenvalue weighted by Crippen LogP contribution is 2.50. The Kier molecular flexibility index (Phi) is 7.32. The second kappa shape index (κ2) is 11.1. The number of aryl methyl sites for hydroxylation is 4. The standard InChI is InChI=1S/C42H43NOSi/c1-27-18-28(2)21-34(20-27)42(44-45(5,6)7,35-22-29(3)19-30(4)23-35)39-24-32-13-9-11-15-37(32)41-38(39)26-43-25-33-17-16-31-12-8-10-14-36(31)40(33)41/h8-24,43H,25-26H2,1-7H3. The Bertz CT molecular complexity index is 2010. The molecular formula is C42H43NOSi. The van der Waals surface area contributed by atoms with Crippen LogP contribution in [-0.2, 0) is 23.1 Å². The summed E-state index contributed by atoms with van der Waals surface area (Å²) in [5, 5.41) is 8.97. The first-order chi connectivity index (χ1) is 21.5. The van der Waals surface area contributed by atoms with Gasteiger partial charge in [-0.1, -0.05) is 119 Å². The third-order valence-corrected chi connectivity index (χ3v) is 10.1. The lowest BCUT2D eigenvalue weighted by atomic mass is 9.74. The zero-order valence-electron chi connectivity index (χ0n) is 27.6. The molecule has 0 unspecified atom stereocenters. The summed E-state index contributed by atoms with van der Waals surface area (Å²) in [6.45, 7) is 17.4. The van der Waals surface area contributed by atoms with Gasteiger partial charge < -0.3 is 9.74 Å². The van der Waals surface area contributed by atoms with E-state index in [4.69, 9.17) is 4.43 Å². The molecule has 0 saturated carbocycles. The van der Waals surface area contributed by atoms with E-state index in [9.17, 15) is 0 Å². The molecule has 1 heterocycles. The Labute approximate surface area is 269 Å². The number of nitrogens with one attached hydrogen (secondary N) is 1. The van der Waals surface area contributed by atoms with Crippen LogP contribution in [0.25, 0.3) is 32.7 Å². The summed E-state index contributed by atoms with van der Waals surface area (Å²) in [4.78, 5) is 0. The van der Waals surface area contributed by atoms with Gasteiger partial charge in [-0.25, -0.2) is 0 Å². The molecule has 0 aromatic heterocycles. The van der Waals surface area contributed by atoms with Crippen molar-refractivity contribution in [3.05, 3.63) is 153 Å². The maximum absolute atomic E-state index is 7.75. The fourth-order valence-electron chi connectivity index (χ4n) is 7.72.